The standard InChI is InChI=1S/C12H21N3O2S2/c1-3-19(16,17)10-11(13)15-18-12(10)14-7-9-5-4-8(2)6-9/h8-9,14H,3-7H2,1-2H3,(H2,13,15). The summed E-state index contributed by atoms with van der Waals surface area (Å²) in [5.41, 5.74) is 5.69. The van der Waals surface area contributed by atoms with Gasteiger partial charge in [0, 0.05) is 6.54 Å². The Bertz CT molecular complexity index is 539. The summed E-state index contributed by atoms with van der Waals surface area (Å²) < 4.78 is 28.0. The van der Waals surface area contributed by atoms with Gasteiger partial charge in [0.15, 0.2) is 15.7 Å². The van der Waals surface area contributed by atoms with Crippen molar-refractivity contribution in [3.63, 3.8) is 0 Å². The van der Waals surface area contributed by atoms with Gasteiger partial charge in [-0.15, -0.1) is 0 Å². The maximum Gasteiger partial charge on any atom is 0.184 e. The predicted molar refractivity (Wildman–Crippen MR) is 79.2 cm³/mol. The molecule has 1 heterocycles. The lowest BCUT2D eigenvalue weighted by Crippen LogP contribution is -2.14. The van der Waals surface area contributed by atoms with Crippen molar-refractivity contribution in [3.8, 4) is 0 Å². The van der Waals surface area contributed by atoms with Crippen LogP contribution in [0, 0.1) is 11.8 Å². The fraction of sp³-hybridized carbons (Fsp3) is 0.750. The molecule has 1 saturated carbocycles. The average Bonchev–Trinajstić information content (AvgIpc) is 2.93. The predicted octanol–water partition coefficient (Wildman–Crippen LogP) is 2.37. The molecule has 2 atom stereocenters. The molecule has 19 heavy (non-hydrogen) atoms. The lowest BCUT2D eigenvalue weighted by Gasteiger charge is -2.12. The Morgan fingerprint density at radius 2 is 2.21 bits per heavy atom. The van der Waals surface area contributed by atoms with Crippen LogP contribution in [0.15, 0.2) is 4.90 Å². The van der Waals surface area contributed by atoms with Gasteiger partial charge < -0.3 is 11.1 Å². The van der Waals surface area contributed by atoms with E-state index in [0.717, 1.165) is 24.0 Å². The number of nitrogen functional groups attached to an aromatic ring is 1. The van der Waals surface area contributed by atoms with Crippen molar-refractivity contribution in [3.05, 3.63) is 0 Å². The van der Waals surface area contributed by atoms with Gasteiger partial charge in [0.2, 0.25) is 0 Å². The van der Waals surface area contributed by atoms with Crippen molar-refractivity contribution in [2.24, 2.45) is 11.8 Å². The van der Waals surface area contributed by atoms with E-state index in [1.807, 2.05) is 0 Å². The summed E-state index contributed by atoms with van der Waals surface area (Å²) in [6, 6.07) is 0. The third kappa shape index (κ3) is 3.20. The molecule has 0 aliphatic heterocycles. The van der Waals surface area contributed by atoms with E-state index < -0.39 is 9.84 Å². The quantitative estimate of drug-likeness (QED) is 0.872. The van der Waals surface area contributed by atoms with E-state index in [0.29, 0.717) is 10.9 Å². The number of anilines is 2. The van der Waals surface area contributed by atoms with Crippen molar-refractivity contribution < 1.29 is 8.42 Å². The topological polar surface area (TPSA) is 85.1 Å². The number of aromatic nitrogens is 1. The highest BCUT2D eigenvalue weighted by Gasteiger charge is 2.26. The fourth-order valence-corrected chi connectivity index (χ4v) is 4.77. The normalized spacial score (nSPS) is 23.7. The second kappa shape index (κ2) is 5.66. The van der Waals surface area contributed by atoms with E-state index >= 15 is 0 Å². The van der Waals surface area contributed by atoms with Crippen LogP contribution in [-0.2, 0) is 9.84 Å². The zero-order valence-corrected chi connectivity index (χ0v) is 13.0. The highest BCUT2D eigenvalue weighted by atomic mass is 32.2. The van der Waals surface area contributed by atoms with Gasteiger partial charge in [-0.25, -0.2) is 8.42 Å². The first-order chi connectivity index (χ1) is 8.94. The van der Waals surface area contributed by atoms with Crippen molar-refractivity contribution in [2.75, 3.05) is 23.3 Å². The highest BCUT2D eigenvalue weighted by molar-refractivity contribution is 7.91. The van der Waals surface area contributed by atoms with Crippen LogP contribution < -0.4 is 11.1 Å². The van der Waals surface area contributed by atoms with Crippen LogP contribution in [0.5, 0.6) is 0 Å². The van der Waals surface area contributed by atoms with Crippen LogP contribution in [0.25, 0.3) is 0 Å². The van der Waals surface area contributed by atoms with Gasteiger partial charge in [-0.2, -0.15) is 4.37 Å². The van der Waals surface area contributed by atoms with Crippen LogP contribution >= 0.6 is 11.5 Å². The Hall–Kier alpha value is -0.820. The average molecular weight is 303 g/mol. The highest BCUT2D eigenvalue weighted by Crippen LogP contribution is 2.34. The summed E-state index contributed by atoms with van der Waals surface area (Å²) in [6.45, 7) is 4.69. The molecule has 3 N–H and O–H groups in total. The minimum absolute atomic E-state index is 0.0464. The molecule has 1 aromatic heterocycles. The van der Waals surface area contributed by atoms with E-state index in [1.165, 1.54) is 19.3 Å². The SMILES string of the molecule is CCS(=O)(=O)c1c(N)nsc1NCC1CCC(C)C1. The monoisotopic (exact) mass is 303 g/mol. The minimum atomic E-state index is -3.31. The first-order valence-electron chi connectivity index (χ1n) is 6.65. The summed E-state index contributed by atoms with van der Waals surface area (Å²) >= 11 is 1.14. The van der Waals surface area contributed by atoms with Crippen molar-refractivity contribution in [2.45, 2.75) is 38.0 Å². The van der Waals surface area contributed by atoms with E-state index in [9.17, 15) is 8.42 Å². The maximum absolute atomic E-state index is 12.0. The molecule has 5 nitrogen and oxygen atoms in total. The smallest absolute Gasteiger partial charge is 0.184 e. The molecule has 1 aliphatic carbocycles. The van der Waals surface area contributed by atoms with Crippen LogP contribution in [0.4, 0.5) is 10.8 Å². The summed E-state index contributed by atoms with van der Waals surface area (Å²) in [4.78, 5) is 0.186. The number of rotatable bonds is 5. The molecule has 2 unspecified atom stereocenters. The number of nitrogens with two attached hydrogens (primary N) is 1. The molecular formula is C12H21N3O2S2. The molecule has 7 heteroatoms. The molecule has 0 radical (unpaired) electrons. The van der Waals surface area contributed by atoms with Crippen molar-refractivity contribution in [1.29, 1.82) is 0 Å². The molecule has 0 bridgehead atoms. The molecule has 0 aromatic carbocycles. The maximum atomic E-state index is 12.0. The van der Waals surface area contributed by atoms with E-state index in [-0.39, 0.29) is 16.5 Å². The van der Waals surface area contributed by atoms with Crippen molar-refractivity contribution >= 4 is 32.2 Å². The van der Waals surface area contributed by atoms with Gasteiger partial charge in [0.05, 0.1) is 5.75 Å². The van der Waals surface area contributed by atoms with Gasteiger partial charge in [-0.05, 0) is 36.2 Å². The van der Waals surface area contributed by atoms with E-state index in [1.54, 1.807) is 6.92 Å². The van der Waals surface area contributed by atoms with Crippen LogP contribution in [0.3, 0.4) is 0 Å². The van der Waals surface area contributed by atoms with Gasteiger partial charge in [-0.3, -0.25) is 0 Å². The number of hydrogen-bond donors (Lipinski definition) is 2. The number of nitrogens with one attached hydrogen (secondary N) is 1. The second-order valence-electron chi connectivity index (χ2n) is 5.29. The lowest BCUT2D eigenvalue weighted by molar-refractivity contribution is 0.537. The first-order valence-corrected chi connectivity index (χ1v) is 9.08. The minimum Gasteiger partial charge on any atom is -0.382 e. The van der Waals surface area contributed by atoms with Crippen LogP contribution in [0.1, 0.15) is 33.1 Å². The second-order valence-corrected chi connectivity index (χ2v) is 8.28. The molecule has 0 amide bonds. The third-order valence-electron chi connectivity index (χ3n) is 3.72. The van der Waals surface area contributed by atoms with Gasteiger partial charge in [0.25, 0.3) is 0 Å². The summed E-state index contributed by atoms with van der Waals surface area (Å²) in [7, 11) is -3.31. The van der Waals surface area contributed by atoms with Gasteiger partial charge >= 0.3 is 0 Å². The molecular weight excluding hydrogens is 282 g/mol. The Kier molecular flexibility index (Phi) is 4.35. The molecule has 1 aromatic rings. The van der Waals surface area contributed by atoms with Crippen molar-refractivity contribution in [1.82, 2.24) is 4.37 Å². The summed E-state index contributed by atoms with van der Waals surface area (Å²) in [5, 5.41) is 3.83. The molecule has 1 aliphatic rings. The first kappa shape index (κ1) is 14.6. The zero-order chi connectivity index (χ0) is 14.0. The molecule has 108 valence electrons. The zero-order valence-electron chi connectivity index (χ0n) is 11.3. The van der Waals surface area contributed by atoms with Gasteiger partial charge in [0.1, 0.15) is 9.90 Å². The lowest BCUT2D eigenvalue weighted by atomic mass is 10.1. The number of sulfone groups is 1. The largest absolute Gasteiger partial charge is 0.382 e. The Morgan fingerprint density at radius 1 is 1.47 bits per heavy atom. The Morgan fingerprint density at radius 3 is 2.79 bits per heavy atom. The molecule has 0 saturated heterocycles. The van der Waals surface area contributed by atoms with E-state index in [2.05, 4.69) is 16.6 Å². The fourth-order valence-electron chi connectivity index (χ4n) is 2.60. The number of nitrogens with zero attached hydrogens (tertiary/aromatic N) is 1. The molecule has 0 spiro atoms. The summed E-state index contributed by atoms with van der Waals surface area (Å²) in [6.07, 6.45) is 3.67. The third-order valence-corrected chi connectivity index (χ3v) is 6.46. The van der Waals surface area contributed by atoms with E-state index in [4.69, 9.17) is 5.73 Å². The van der Waals surface area contributed by atoms with Crippen LogP contribution in [0.2, 0.25) is 0 Å². The van der Waals surface area contributed by atoms with Gasteiger partial charge in [-0.1, -0.05) is 20.3 Å². The van der Waals surface area contributed by atoms with Crippen LogP contribution in [-0.4, -0.2) is 25.1 Å². The summed E-state index contributed by atoms with van der Waals surface area (Å²) in [5.74, 6) is 1.56. The molecule has 1 fully saturated rings. The Balaban J connectivity index is 2.09. The molecule has 2 rings (SSSR count). The number of hydrogen-bond acceptors (Lipinski definition) is 6. The Labute approximate surface area is 118 Å².